The number of rotatable bonds is 9. The van der Waals surface area contributed by atoms with Crippen LogP contribution in [0.15, 0.2) is 47.4 Å². The van der Waals surface area contributed by atoms with Crippen LogP contribution in [-0.4, -0.2) is 40.5 Å². The maximum Gasteiger partial charge on any atom is 0.573 e. The van der Waals surface area contributed by atoms with Gasteiger partial charge in [0.05, 0.1) is 18.9 Å². The van der Waals surface area contributed by atoms with Crippen LogP contribution in [0.1, 0.15) is 26.7 Å². The highest BCUT2D eigenvalue weighted by molar-refractivity contribution is 7.92. The minimum atomic E-state index is -4.91. The van der Waals surface area contributed by atoms with E-state index in [1.165, 1.54) is 30.3 Å². The number of halogens is 3. The summed E-state index contributed by atoms with van der Waals surface area (Å²) in [5.41, 5.74) is 0.232. The number of hydrogen-bond donors (Lipinski definition) is 2. The molecule has 1 aliphatic heterocycles. The normalized spacial score (nSPS) is 18.5. The van der Waals surface area contributed by atoms with Crippen molar-refractivity contribution >= 4 is 27.3 Å². The van der Waals surface area contributed by atoms with E-state index in [2.05, 4.69) is 14.8 Å². The van der Waals surface area contributed by atoms with Gasteiger partial charge in [0.1, 0.15) is 16.4 Å². The molecular weight excluding hydrogens is 489 g/mol. The van der Waals surface area contributed by atoms with Crippen LogP contribution in [0.25, 0.3) is 0 Å². The number of benzene rings is 2. The highest BCUT2D eigenvalue weighted by Gasteiger charge is 2.32. The standard InChI is InChI=1S/C23H27F3N2O6S/c1-3-15-14-32-11-10-19(15)22(29)27-16-8-9-21(20(13-16)33-4-2)35(30,31)28-17-6-5-7-18(12-17)34-23(24,25)26/h5-9,12-13,15,19,28H,3-4,10-11,14H2,1-2H3,(H,27,29)/t15-,19+/m1/s1. The number of amides is 1. The van der Waals surface area contributed by atoms with Gasteiger partial charge >= 0.3 is 6.36 Å². The highest BCUT2D eigenvalue weighted by Crippen LogP contribution is 2.32. The Labute approximate surface area is 201 Å². The summed E-state index contributed by atoms with van der Waals surface area (Å²) in [6.45, 7) is 4.81. The number of carbonyl (C=O) groups is 1. The van der Waals surface area contributed by atoms with Crippen molar-refractivity contribution in [2.24, 2.45) is 11.8 Å². The van der Waals surface area contributed by atoms with Crippen molar-refractivity contribution in [2.75, 3.05) is 29.9 Å². The molecule has 2 atom stereocenters. The maximum absolute atomic E-state index is 13.0. The minimum absolute atomic E-state index is 0.0143. The molecule has 3 rings (SSSR count). The smallest absolute Gasteiger partial charge is 0.492 e. The topological polar surface area (TPSA) is 103 Å². The summed E-state index contributed by atoms with van der Waals surface area (Å²) in [5.74, 6) is -0.895. The molecule has 0 bridgehead atoms. The largest absolute Gasteiger partial charge is 0.573 e. The summed E-state index contributed by atoms with van der Waals surface area (Å²) in [6, 6.07) is 8.57. The number of anilines is 2. The number of hydrogen-bond acceptors (Lipinski definition) is 6. The molecule has 2 aromatic carbocycles. The molecule has 8 nitrogen and oxygen atoms in total. The molecule has 1 amide bonds. The Balaban J connectivity index is 1.81. The molecule has 1 saturated heterocycles. The zero-order chi connectivity index (χ0) is 25.6. The molecule has 0 spiro atoms. The lowest BCUT2D eigenvalue weighted by Crippen LogP contribution is -2.36. The lowest BCUT2D eigenvalue weighted by Gasteiger charge is -2.29. The van der Waals surface area contributed by atoms with E-state index < -0.39 is 22.1 Å². The van der Waals surface area contributed by atoms with Crippen LogP contribution in [0.4, 0.5) is 24.5 Å². The van der Waals surface area contributed by atoms with E-state index in [0.717, 1.165) is 18.6 Å². The summed E-state index contributed by atoms with van der Waals surface area (Å²) in [5, 5.41) is 2.82. The first-order chi connectivity index (χ1) is 16.5. The van der Waals surface area contributed by atoms with Gasteiger partial charge in [-0.05, 0) is 43.5 Å². The van der Waals surface area contributed by atoms with Crippen LogP contribution in [-0.2, 0) is 19.6 Å². The van der Waals surface area contributed by atoms with Gasteiger partial charge in [-0.2, -0.15) is 0 Å². The zero-order valence-corrected chi connectivity index (χ0v) is 20.0. The predicted octanol–water partition coefficient (Wildman–Crippen LogP) is 4.79. The number of alkyl halides is 3. The van der Waals surface area contributed by atoms with Gasteiger partial charge in [0.25, 0.3) is 10.0 Å². The first-order valence-corrected chi connectivity index (χ1v) is 12.5. The van der Waals surface area contributed by atoms with Crippen molar-refractivity contribution in [3.63, 3.8) is 0 Å². The van der Waals surface area contributed by atoms with Crippen molar-refractivity contribution < 1.29 is 40.6 Å². The minimum Gasteiger partial charge on any atom is -0.492 e. The Morgan fingerprint density at radius 1 is 1.14 bits per heavy atom. The number of carbonyl (C=O) groups excluding carboxylic acids is 1. The first-order valence-electron chi connectivity index (χ1n) is 11.1. The quantitative estimate of drug-likeness (QED) is 0.497. The second kappa shape index (κ2) is 11.2. The maximum atomic E-state index is 13.0. The third kappa shape index (κ3) is 7.25. The van der Waals surface area contributed by atoms with E-state index in [0.29, 0.717) is 25.3 Å². The van der Waals surface area contributed by atoms with Gasteiger partial charge in [0, 0.05) is 30.3 Å². The van der Waals surface area contributed by atoms with Crippen LogP contribution >= 0.6 is 0 Å². The van der Waals surface area contributed by atoms with Gasteiger partial charge in [-0.25, -0.2) is 8.42 Å². The van der Waals surface area contributed by atoms with Gasteiger partial charge < -0.3 is 19.5 Å². The van der Waals surface area contributed by atoms with Crippen molar-refractivity contribution in [3.8, 4) is 11.5 Å². The molecular formula is C23H27F3N2O6S. The first kappa shape index (κ1) is 26.6. The van der Waals surface area contributed by atoms with Crippen LogP contribution < -0.4 is 19.5 Å². The van der Waals surface area contributed by atoms with E-state index in [1.54, 1.807) is 6.92 Å². The molecule has 0 saturated carbocycles. The van der Waals surface area contributed by atoms with Crippen molar-refractivity contribution in [1.82, 2.24) is 0 Å². The molecule has 0 aliphatic carbocycles. The fraction of sp³-hybridized carbons (Fsp3) is 0.435. The van der Waals surface area contributed by atoms with E-state index >= 15 is 0 Å². The summed E-state index contributed by atoms with van der Waals surface area (Å²) in [6.07, 6.45) is -3.53. The van der Waals surface area contributed by atoms with Gasteiger partial charge in [0.2, 0.25) is 5.91 Å². The van der Waals surface area contributed by atoms with Crippen LogP contribution in [0.3, 0.4) is 0 Å². The Bertz CT molecular complexity index is 1140. The molecule has 2 aromatic rings. The zero-order valence-electron chi connectivity index (χ0n) is 19.2. The molecule has 12 heteroatoms. The van der Waals surface area contributed by atoms with E-state index in [4.69, 9.17) is 9.47 Å². The predicted molar refractivity (Wildman–Crippen MR) is 123 cm³/mol. The Morgan fingerprint density at radius 2 is 1.91 bits per heavy atom. The van der Waals surface area contributed by atoms with Crippen molar-refractivity contribution in [3.05, 3.63) is 42.5 Å². The summed E-state index contributed by atoms with van der Waals surface area (Å²) in [7, 11) is -4.25. The summed E-state index contributed by atoms with van der Waals surface area (Å²) < 4.78 is 80.5. The van der Waals surface area contributed by atoms with Gasteiger partial charge in [0.15, 0.2) is 0 Å². The van der Waals surface area contributed by atoms with Gasteiger partial charge in [-0.1, -0.05) is 19.4 Å². The monoisotopic (exact) mass is 516 g/mol. The molecule has 0 aromatic heterocycles. The van der Waals surface area contributed by atoms with Crippen LogP contribution in [0.2, 0.25) is 0 Å². The molecule has 1 fully saturated rings. The summed E-state index contributed by atoms with van der Waals surface area (Å²) >= 11 is 0. The second-order valence-corrected chi connectivity index (χ2v) is 9.55. The Morgan fingerprint density at radius 3 is 2.60 bits per heavy atom. The van der Waals surface area contributed by atoms with Gasteiger partial charge in [-0.3, -0.25) is 9.52 Å². The molecule has 1 heterocycles. The fourth-order valence-corrected chi connectivity index (χ4v) is 5.00. The van der Waals surface area contributed by atoms with E-state index in [-0.39, 0.29) is 40.7 Å². The highest BCUT2D eigenvalue weighted by atomic mass is 32.2. The molecule has 2 N–H and O–H groups in total. The second-order valence-electron chi connectivity index (χ2n) is 7.90. The van der Waals surface area contributed by atoms with Crippen molar-refractivity contribution in [2.45, 2.75) is 37.9 Å². The van der Waals surface area contributed by atoms with Crippen LogP contribution in [0, 0.1) is 11.8 Å². The average molecular weight is 517 g/mol. The molecule has 0 unspecified atom stereocenters. The lowest BCUT2D eigenvalue weighted by atomic mass is 9.86. The Hall–Kier alpha value is -2.99. The van der Waals surface area contributed by atoms with Crippen molar-refractivity contribution in [1.29, 1.82) is 0 Å². The third-order valence-corrected chi connectivity index (χ3v) is 6.88. The lowest BCUT2D eigenvalue weighted by molar-refractivity contribution is -0.274. The average Bonchev–Trinajstić information content (AvgIpc) is 2.78. The molecule has 192 valence electrons. The van der Waals surface area contributed by atoms with Crippen LogP contribution in [0.5, 0.6) is 11.5 Å². The van der Waals surface area contributed by atoms with Gasteiger partial charge in [-0.15, -0.1) is 13.2 Å². The molecule has 0 radical (unpaired) electrons. The molecule has 1 aliphatic rings. The Kier molecular flexibility index (Phi) is 8.49. The summed E-state index contributed by atoms with van der Waals surface area (Å²) in [4.78, 5) is 12.6. The fourth-order valence-electron chi connectivity index (χ4n) is 3.82. The third-order valence-electron chi connectivity index (χ3n) is 5.46. The molecule has 35 heavy (non-hydrogen) atoms. The number of ether oxygens (including phenoxy) is 3. The SMILES string of the molecule is CCOc1cc(NC(=O)[C@H]2CCOC[C@H]2CC)ccc1S(=O)(=O)Nc1cccc(OC(F)(F)F)c1. The van der Waals surface area contributed by atoms with E-state index in [1.807, 2.05) is 6.92 Å². The number of sulfonamides is 1. The number of nitrogens with one attached hydrogen (secondary N) is 2. The van der Waals surface area contributed by atoms with E-state index in [9.17, 15) is 26.4 Å².